The van der Waals surface area contributed by atoms with Crippen LogP contribution in [-0.2, 0) is 0 Å². The molecule has 5 nitrogen and oxygen atoms in total. The highest BCUT2D eigenvalue weighted by Gasteiger charge is 2.34. The molecule has 1 atom stereocenters. The summed E-state index contributed by atoms with van der Waals surface area (Å²) in [5.74, 6) is 1.38. The normalized spacial score (nSPS) is 22.7. The Balaban J connectivity index is 2.23. The molecule has 0 radical (unpaired) electrons. The number of nitrogens with zero attached hydrogens (tertiary/aromatic N) is 2. The first kappa shape index (κ1) is 12.5. The second kappa shape index (κ2) is 4.75. The lowest BCUT2D eigenvalue weighted by atomic mass is 10.0. The van der Waals surface area contributed by atoms with Crippen molar-refractivity contribution in [3.63, 3.8) is 0 Å². The minimum absolute atomic E-state index is 0.541. The number of rotatable bonds is 3. The average molecular weight is 247 g/mol. The topological polar surface area (TPSA) is 71.5 Å². The lowest BCUT2D eigenvalue weighted by Gasteiger charge is -2.21. The lowest BCUT2D eigenvalue weighted by Crippen LogP contribution is -2.41. The Labute approximate surface area is 107 Å². The van der Waals surface area contributed by atoms with Gasteiger partial charge in [-0.3, -0.25) is 0 Å². The summed E-state index contributed by atoms with van der Waals surface area (Å²) in [6.45, 7) is 1.32. The summed E-state index contributed by atoms with van der Waals surface area (Å²) >= 11 is 0. The maximum atomic E-state index is 9.03. The van der Waals surface area contributed by atoms with Crippen molar-refractivity contribution < 1.29 is 9.47 Å². The van der Waals surface area contributed by atoms with Crippen LogP contribution in [0.2, 0.25) is 0 Å². The van der Waals surface area contributed by atoms with Gasteiger partial charge in [-0.1, -0.05) is 0 Å². The van der Waals surface area contributed by atoms with Gasteiger partial charge in [0, 0.05) is 24.8 Å². The van der Waals surface area contributed by atoms with Crippen molar-refractivity contribution in [2.45, 2.75) is 12.0 Å². The zero-order valence-electron chi connectivity index (χ0n) is 10.6. The van der Waals surface area contributed by atoms with Gasteiger partial charge in [0.15, 0.2) is 11.5 Å². The summed E-state index contributed by atoms with van der Waals surface area (Å²) in [4.78, 5) is 2.09. The van der Waals surface area contributed by atoms with Crippen LogP contribution >= 0.6 is 0 Å². The Morgan fingerprint density at radius 2 is 2.06 bits per heavy atom. The molecule has 0 aliphatic carbocycles. The van der Waals surface area contributed by atoms with Gasteiger partial charge in [-0.25, -0.2) is 0 Å². The van der Waals surface area contributed by atoms with Gasteiger partial charge in [-0.2, -0.15) is 5.26 Å². The SMILES string of the molecule is COc1ccc(N2CCC(N)(C#N)C2)cc1OC. The van der Waals surface area contributed by atoms with Crippen LogP contribution in [0.4, 0.5) is 5.69 Å². The highest BCUT2D eigenvalue weighted by Crippen LogP contribution is 2.33. The molecule has 1 saturated heterocycles. The minimum atomic E-state index is -0.743. The molecule has 1 aliphatic heterocycles. The first-order valence-corrected chi connectivity index (χ1v) is 5.79. The van der Waals surface area contributed by atoms with Crippen LogP contribution in [0.15, 0.2) is 18.2 Å². The Morgan fingerprint density at radius 1 is 1.33 bits per heavy atom. The molecule has 5 heteroatoms. The molecule has 1 unspecified atom stereocenters. The third-order valence-electron chi connectivity index (χ3n) is 3.26. The van der Waals surface area contributed by atoms with Crippen LogP contribution in [0.5, 0.6) is 11.5 Å². The predicted molar refractivity (Wildman–Crippen MR) is 68.9 cm³/mol. The van der Waals surface area contributed by atoms with Crippen molar-refractivity contribution in [2.75, 3.05) is 32.2 Å². The van der Waals surface area contributed by atoms with E-state index < -0.39 is 5.54 Å². The van der Waals surface area contributed by atoms with Crippen molar-refractivity contribution in [3.8, 4) is 17.6 Å². The number of hydrogen-bond donors (Lipinski definition) is 1. The molecule has 2 N–H and O–H groups in total. The lowest BCUT2D eigenvalue weighted by molar-refractivity contribution is 0.355. The van der Waals surface area contributed by atoms with E-state index in [-0.39, 0.29) is 0 Å². The standard InChI is InChI=1S/C13H17N3O2/c1-17-11-4-3-10(7-12(11)18-2)16-6-5-13(15,8-14)9-16/h3-4,7H,5-6,9,15H2,1-2H3. The Bertz CT molecular complexity index is 484. The fraction of sp³-hybridized carbons (Fsp3) is 0.462. The number of nitrogens with two attached hydrogens (primary N) is 1. The van der Waals surface area contributed by atoms with Crippen LogP contribution < -0.4 is 20.1 Å². The van der Waals surface area contributed by atoms with E-state index in [0.29, 0.717) is 24.5 Å². The van der Waals surface area contributed by atoms with E-state index in [1.54, 1.807) is 14.2 Å². The monoisotopic (exact) mass is 247 g/mol. The maximum absolute atomic E-state index is 9.03. The molecule has 0 saturated carbocycles. The number of benzene rings is 1. The largest absolute Gasteiger partial charge is 0.493 e. The minimum Gasteiger partial charge on any atom is -0.493 e. The quantitative estimate of drug-likeness (QED) is 0.867. The Kier molecular flexibility index (Phi) is 3.30. The van der Waals surface area contributed by atoms with Gasteiger partial charge in [-0.15, -0.1) is 0 Å². The molecular formula is C13H17N3O2. The van der Waals surface area contributed by atoms with Gasteiger partial charge >= 0.3 is 0 Å². The second-order valence-corrected chi connectivity index (χ2v) is 4.48. The summed E-state index contributed by atoms with van der Waals surface area (Å²) < 4.78 is 10.5. The Morgan fingerprint density at radius 3 is 2.61 bits per heavy atom. The molecule has 2 rings (SSSR count). The van der Waals surface area contributed by atoms with E-state index in [1.807, 2.05) is 18.2 Å². The molecule has 0 bridgehead atoms. The molecular weight excluding hydrogens is 230 g/mol. The van der Waals surface area contributed by atoms with Gasteiger partial charge in [0.25, 0.3) is 0 Å². The predicted octanol–water partition coefficient (Wildman–Crippen LogP) is 1.13. The van der Waals surface area contributed by atoms with Crippen LogP contribution in [-0.4, -0.2) is 32.8 Å². The highest BCUT2D eigenvalue weighted by atomic mass is 16.5. The molecule has 1 aromatic rings. The first-order valence-electron chi connectivity index (χ1n) is 5.79. The molecule has 96 valence electrons. The van der Waals surface area contributed by atoms with Crippen molar-refractivity contribution in [1.82, 2.24) is 0 Å². The summed E-state index contributed by atoms with van der Waals surface area (Å²) in [5, 5.41) is 9.03. The zero-order valence-corrected chi connectivity index (χ0v) is 10.6. The van der Waals surface area contributed by atoms with E-state index in [4.69, 9.17) is 20.5 Å². The highest BCUT2D eigenvalue weighted by molar-refractivity contribution is 5.57. The second-order valence-electron chi connectivity index (χ2n) is 4.48. The maximum Gasteiger partial charge on any atom is 0.162 e. The number of ether oxygens (including phenoxy) is 2. The first-order chi connectivity index (χ1) is 8.61. The van der Waals surface area contributed by atoms with Crippen molar-refractivity contribution in [2.24, 2.45) is 5.73 Å². The van der Waals surface area contributed by atoms with Crippen molar-refractivity contribution in [1.29, 1.82) is 5.26 Å². The van der Waals surface area contributed by atoms with Crippen molar-refractivity contribution in [3.05, 3.63) is 18.2 Å². The fourth-order valence-electron chi connectivity index (χ4n) is 2.17. The molecule has 0 amide bonds. The van der Waals surface area contributed by atoms with Gasteiger partial charge < -0.3 is 20.1 Å². The van der Waals surface area contributed by atoms with E-state index in [9.17, 15) is 0 Å². The molecule has 0 aromatic heterocycles. The van der Waals surface area contributed by atoms with Crippen LogP contribution in [0.25, 0.3) is 0 Å². The van der Waals surface area contributed by atoms with Crippen LogP contribution in [0.3, 0.4) is 0 Å². The van der Waals surface area contributed by atoms with Gasteiger partial charge in [0.2, 0.25) is 0 Å². The third kappa shape index (κ3) is 2.20. The summed E-state index contributed by atoms with van der Waals surface area (Å²) in [6, 6.07) is 7.88. The van der Waals surface area contributed by atoms with Gasteiger partial charge in [0.05, 0.1) is 20.3 Å². The van der Waals surface area contributed by atoms with Gasteiger partial charge in [-0.05, 0) is 18.6 Å². The Hall–Kier alpha value is -1.93. The summed E-state index contributed by atoms with van der Waals surface area (Å²) in [5.41, 5.74) is 6.21. The third-order valence-corrected chi connectivity index (χ3v) is 3.26. The van der Waals surface area contributed by atoms with Crippen molar-refractivity contribution >= 4 is 5.69 Å². The number of anilines is 1. The van der Waals surface area contributed by atoms with Gasteiger partial charge in [0.1, 0.15) is 5.54 Å². The molecule has 1 aromatic carbocycles. The molecule has 0 spiro atoms. The average Bonchev–Trinajstić information content (AvgIpc) is 2.81. The number of nitriles is 1. The summed E-state index contributed by atoms with van der Waals surface area (Å²) in [7, 11) is 3.21. The number of methoxy groups -OCH3 is 2. The van der Waals surface area contributed by atoms with Crippen LogP contribution in [0, 0.1) is 11.3 Å². The van der Waals surface area contributed by atoms with Crippen LogP contribution in [0.1, 0.15) is 6.42 Å². The van der Waals surface area contributed by atoms with E-state index in [0.717, 1.165) is 12.2 Å². The fourth-order valence-corrected chi connectivity index (χ4v) is 2.17. The number of hydrogen-bond acceptors (Lipinski definition) is 5. The zero-order chi connectivity index (χ0) is 13.2. The molecule has 1 fully saturated rings. The smallest absolute Gasteiger partial charge is 0.162 e. The molecule has 1 heterocycles. The summed E-state index contributed by atoms with van der Waals surface area (Å²) in [6.07, 6.45) is 0.678. The van der Waals surface area contributed by atoms with E-state index >= 15 is 0 Å². The van der Waals surface area contributed by atoms with E-state index in [2.05, 4.69) is 11.0 Å². The molecule has 18 heavy (non-hydrogen) atoms. The molecule has 1 aliphatic rings. The van der Waals surface area contributed by atoms with E-state index in [1.165, 1.54) is 0 Å².